The number of nitrogens with zero attached hydrogens (tertiary/aromatic N) is 2. The van der Waals surface area contributed by atoms with E-state index in [2.05, 4.69) is 16.8 Å². The highest BCUT2D eigenvalue weighted by atomic mass is 16.5. The highest BCUT2D eigenvalue weighted by Crippen LogP contribution is 2.37. The predicted molar refractivity (Wildman–Crippen MR) is 71.7 cm³/mol. The molecule has 0 amide bonds. The van der Waals surface area contributed by atoms with E-state index in [1.165, 1.54) is 19.1 Å². The highest BCUT2D eigenvalue weighted by Gasteiger charge is 2.38. The summed E-state index contributed by atoms with van der Waals surface area (Å²) in [5.74, 6) is 0.224. The lowest BCUT2D eigenvalue weighted by Gasteiger charge is -2.36. The van der Waals surface area contributed by atoms with E-state index in [0.29, 0.717) is 18.5 Å². The molecule has 2 aliphatic rings. The van der Waals surface area contributed by atoms with Gasteiger partial charge in [-0.3, -0.25) is 0 Å². The van der Waals surface area contributed by atoms with E-state index < -0.39 is 5.97 Å². The minimum absolute atomic E-state index is 0.146. The number of rotatable bonds is 4. The van der Waals surface area contributed by atoms with Gasteiger partial charge >= 0.3 is 5.97 Å². The van der Waals surface area contributed by atoms with Gasteiger partial charge in [-0.25, -0.2) is 4.79 Å². The summed E-state index contributed by atoms with van der Waals surface area (Å²) in [7, 11) is 0. The van der Waals surface area contributed by atoms with Gasteiger partial charge in [0.25, 0.3) is 6.01 Å². The van der Waals surface area contributed by atoms with E-state index in [1.807, 2.05) is 0 Å². The van der Waals surface area contributed by atoms with Crippen LogP contribution >= 0.6 is 0 Å². The molecule has 0 N–H and O–H groups in total. The van der Waals surface area contributed by atoms with Crippen molar-refractivity contribution in [3.63, 3.8) is 0 Å². The fraction of sp³-hybridized carbons (Fsp3) is 0.714. The van der Waals surface area contributed by atoms with Gasteiger partial charge in [-0.15, -0.1) is 0 Å². The molecule has 6 nitrogen and oxygen atoms in total. The SMILES string of the molecule is CCOC(=O)c1coc(N2C[C@@H](C)O[C@H](C3CC3)C2)n1. The van der Waals surface area contributed by atoms with E-state index in [1.54, 1.807) is 6.92 Å². The van der Waals surface area contributed by atoms with E-state index in [-0.39, 0.29) is 17.9 Å². The van der Waals surface area contributed by atoms with Gasteiger partial charge in [0.1, 0.15) is 6.26 Å². The summed E-state index contributed by atoms with van der Waals surface area (Å²) in [6.07, 6.45) is 4.24. The minimum Gasteiger partial charge on any atom is -0.461 e. The topological polar surface area (TPSA) is 64.8 Å². The van der Waals surface area contributed by atoms with Crippen molar-refractivity contribution >= 4 is 12.0 Å². The standard InChI is InChI=1S/C14H20N2O4/c1-3-18-13(17)11-8-19-14(15-11)16-6-9(2)20-12(7-16)10-4-5-10/h8-10,12H,3-7H2,1-2H3/t9-,12+/m1/s1. The van der Waals surface area contributed by atoms with Crippen molar-refractivity contribution in [2.45, 2.75) is 38.9 Å². The second-order valence-corrected chi connectivity index (χ2v) is 5.46. The largest absolute Gasteiger partial charge is 0.461 e. The van der Waals surface area contributed by atoms with Crippen LogP contribution in [0.1, 0.15) is 37.2 Å². The minimum atomic E-state index is -0.442. The molecule has 1 aromatic heterocycles. The van der Waals surface area contributed by atoms with Gasteiger partial charge in [0.15, 0.2) is 5.69 Å². The smallest absolute Gasteiger partial charge is 0.360 e. The number of anilines is 1. The second-order valence-electron chi connectivity index (χ2n) is 5.46. The number of hydrogen-bond acceptors (Lipinski definition) is 6. The molecular formula is C14H20N2O4. The fourth-order valence-corrected chi connectivity index (χ4v) is 2.58. The molecular weight excluding hydrogens is 260 g/mol. The molecule has 6 heteroatoms. The number of carbonyl (C=O) groups excluding carboxylic acids is 1. The number of oxazole rings is 1. The van der Waals surface area contributed by atoms with Gasteiger partial charge in [0, 0.05) is 13.1 Å². The zero-order chi connectivity index (χ0) is 14.1. The molecule has 1 aliphatic carbocycles. The maximum Gasteiger partial charge on any atom is 0.360 e. The Morgan fingerprint density at radius 2 is 2.30 bits per heavy atom. The summed E-state index contributed by atoms with van der Waals surface area (Å²) in [5, 5.41) is 0. The van der Waals surface area contributed by atoms with Crippen LogP contribution in [0.15, 0.2) is 10.7 Å². The number of morpholine rings is 1. The zero-order valence-electron chi connectivity index (χ0n) is 11.9. The Bertz CT molecular complexity index is 483. The number of esters is 1. The Morgan fingerprint density at radius 3 is 3.00 bits per heavy atom. The normalized spacial score (nSPS) is 26.6. The predicted octanol–water partition coefficient (Wildman–Crippen LogP) is 1.85. The molecule has 20 heavy (non-hydrogen) atoms. The molecule has 2 atom stereocenters. The average molecular weight is 280 g/mol. The van der Waals surface area contributed by atoms with Gasteiger partial charge in [-0.1, -0.05) is 0 Å². The summed E-state index contributed by atoms with van der Waals surface area (Å²) in [5.41, 5.74) is 0.226. The van der Waals surface area contributed by atoms with Gasteiger partial charge in [0.2, 0.25) is 0 Å². The zero-order valence-corrected chi connectivity index (χ0v) is 11.9. The molecule has 0 unspecified atom stereocenters. The maximum atomic E-state index is 11.6. The second kappa shape index (κ2) is 5.44. The number of ether oxygens (including phenoxy) is 2. The average Bonchev–Trinajstić information content (AvgIpc) is 3.15. The van der Waals surface area contributed by atoms with Crippen molar-refractivity contribution in [2.24, 2.45) is 5.92 Å². The van der Waals surface area contributed by atoms with Gasteiger partial charge in [0.05, 0.1) is 18.8 Å². The summed E-state index contributed by atoms with van der Waals surface area (Å²) in [4.78, 5) is 17.9. The third kappa shape index (κ3) is 2.80. The van der Waals surface area contributed by atoms with Crippen LogP contribution in [0.2, 0.25) is 0 Å². The number of carbonyl (C=O) groups is 1. The third-order valence-electron chi connectivity index (χ3n) is 3.68. The first-order valence-electron chi connectivity index (χ1n) is 7.20. The van der Waals surface area contributed by atoms with Crippen LogP contribution < -0.4 is 4.90 Å². The Labute approximate surface area is 118 Å². The van der Waals surface area contributed by atoms with E-state index in [4.69, 9.17) is 13.9 Å². The maximum absolute atomic E-state index is 11.6. The first-order chi connectivity index (χ1) is 9.67. The summed E-state index contributed by atoms with van der Waals surface area (Å²) in [6, 6.07) is 0.480. The van der Waals surface area contributed by atoms with Gasteiger partial charge < -0.3 is 18.8 Å². The molecule has 2 heterocycles. The van der Waals surface area contributed by atoms with Crippen LogP contribution in [-0.2, 0) is 9.47 Å². The highest BCUT2D eigenvalue weighted by molar-refractivity contribution is 5.87. The third-order valence-corrected chi connectivity index (χ3v) is 3.68. The van der Waals surface area contributed by atoms with Crippen LogP contribution in [0.5, 0.6) is 0 Å². The van der Waals surface area contributed by atoms with Crippen molar-refractivity contribution in [3.05, 3.63) is 12.0 Å². The molecule has 110 valence electrons. The van der Waals surface area contributed by atoms with E-state index in [9.17, 15) is 4.79 Å². The van der Waals surface area contributed by atoms with Crippen molar-refractivity contribution in [1.82, 2.24) is 4.98 Å². The first-order valence-corrected chi connectivity index (χ1v) is 7.20. The molecule has 2 fully saturated rings. The molecule has 1 aromatic rings. The van der Waals surface area contributed by atoms with Crippen molar-refractivity contribution in [2.75, 3.05) is 24.6 Å². The Balaban J connectivity index is 1.69. The quantitative estimate of drug-likeness (QED) is 0.784. The molecule has 3 rings (SSSR count). The van der Waals surface area contributed by atoms with Crippen molar-refractivity contribution in [3.8, 4) is 0 Å². The molecule has 0 bridgehead atoms. The lowest BCUT2D eigenvalue weighted by Crippen LogP contribution is -2.47. The van der Waals surface area contributed by atoms with Crippen LogP contribution in [-0.4, -0.2) is 42.9 Å². The molecule has 1 aliphatic heterocycles. The Morgan fingerprint density at radius 1 is 1.50 bits per heavy atom. The fourth-order valence-electron chi connectivity index (χ4n) is 2.58. The number of hydrogen-bond donors (Lipinski definition) is 0. The van der Waals surface area contributed by atoms with Crippen LogP contribution in [0, 0.1) is 5.92 Å². The molecule has 1 saturated carbocycles. The lowest BCUT2D eigenvalue weighted by atomic mass is 10.1. The molecule has 0 radical (unpaired) electrons. The molecule has 0 aromatic carbocycles. The molecule has 0 spiro atoms. The Kier molecular flexibility index (Phi) is 3.65. The van der Waals surface area contributed by atoms with Crippen molar-refractivity contribution in [1.29, 1.82) is 0 Å². The summed E-state index contributed by atoms with van der Waals surface area (Å²) >= 11 is 0. The van der Waals surface area contributed by atoms with Crippen LogP contribution in [0.3, 0.4) is 0 Å². The lowest BCUT2D eigenvalue weighted by molar-refractivity contribution is -0.0284. The summed E-state index contributed by atoms with van der Waals surface area (Å²) < 4.78 is 16.3. The number of aromatic nitrogens is 1. The van der Waals surface area contributed by atoms with Gasteiger partial charge in [-0.2, -0.15) is 4.98 Å². The van der Waals surface area contributed by atoms with E-state index in [0.717, 1.165) is 13.1 Å². The van der Waals surface area contributed by atoms with E-state index >= 15 is 0 Å². The van der Waals surface area contributed by atoms with Gasteiger partial charge in [-0.05, 0) is 32.6 Å². The monoisotopic (exact) mass is 280 g/mol. The Hall–Kier alpha value is -1.56. The van der Waals surface area contributed by atoms with Crippen molar-refractivity contribution < 1.29 is 18.7 Å². The first kappa shape index (κ1) is 13.4. The molecule has 1 saturated heterocycles. The van der Waals surface area contributed by atoms with Crippen LogP contribution in [0.25, 0.3) is 0 Å². The summed E-state index contributed by atoms with van der Waals surface area (Å²) in [6.45, 7) is 5.66. The van der Waals surface area contributed by atoms with Crippen LogP contribution in [0.4, 0.5) is 6.01 Å².